The van der Waals surface area contributed by atoms with E-state index in [4.69, 9.17) is 22.1 Å². The van der Waals surface area contributed by atoms with Gasteiger partial charge in [0.15, 0.2) is 0 Å². The van der Waals surface area contributed by atoms with Gasteiger partial charge in [0, 0.05) is 24.8 Å². The number of hydrogen-bond donors (Lipinski definition) is 2. The summed E-state index contributed by atoms with van der Waals surface area (Å²) >= 11 is 5.86. The Kier molecular flexibility index (Phi) is 3.69. The van der Waals surface area contributed by atoms with E-state index in [0.29, 0.717) is 5.56 Å². The lowest BCUT2D eigenvalue weighted by atomic mass is 9.64. The van der Waals surface area contributed by atoms with Crippen molar-refractivity contribution in [3.05, 3.63) is 22.8 Å². The van der Waals surface area contributed by atoms with Crippen LogP contribution in [0.2, 0.25) is 5.02 Å². The highest BCUT2D eigenvalue weighted by Gasteiger charge is 2.49. The van der Waals surface area contributed by atoms with Gasteiger partial charge >= 0.3 is 0 Å². The number of hydrogen-bond acceptors (Lipinski definition) is 4. The van der Waals surface area contributed by atoms with Crippen molar-refractivity contribution in [3.8, 4) is 0 Å². The smallest absolute Gasteiger partial charge is 0.253 e. The average Bonchev–Trinajstić information content (AvgIpc) is 2.36. The quantitative estimate of drug-likeness (QED) is 0.888. The highest BCUT2D eigenvalue weighted by molar-refractivity contribution is 6.33. The van der Waals surface area contributed by atoms with E-state index < -0.39 is 0 Å². The molecule has 0 bridgehead atoms. The first-order chi connectivity index (χ1) is 8.86. The normalized spacial score (nSPS) is 24.6. The summed E-state index contributed by atoms with van der Waals surface area (Å²) in [5.41, 5.74) is 5.85. The Morgan fingerprint density at radius 3 is 2.84 bits per heavy atom. The molecule has 1 aromatic rings. The van der Waals surface area contributed by atoms with Crippen molar-refractivity contribution in [1.82, 2.24) is 10.3 Å². The Labute approximate surface area is 117 Å². The Morgan fingerprint density at radius 2 is 2.32 bits per heavy atom. The van der Waals surface area contributed by atoms with Crippen LogP contribution in [-0.4, -0.2) is 30.1 Å². The van der Waals surface area contributed by atoms with E-state index in [0.717, 1.165) is 6.42 Å². The number of pyridine rings is 1. The van der Waals surface area contributed by atoms with Crippen LogP contribution in [0.3, 0.4) is 0 Å². The molecule has 19 heavy (non-hydrogen) atoms. The number of anilines is 1. The maximum atomic E-state index is 12.1. The number of aromatic nitrogens is 1. The zero-order valence-corrected chi connectivity index (χ0v) is 12.0. The van der Waals surface area contributed by atoms with Gasteiger partial charge in [0.2, 0.25) is 0 Å². The van der Waals surface area contributed by atoms with Crippen molar-refractivity contribution in [1.29, 1.82) is 0 Å². The monoisotopic (exact) mass is 283 g/mol. The Morgan fingerprint density at radius 1 is 1.63 bits per heavy atom. The third-order valence-corrected chi connectivity index (χ3v) is 4.20. The lowest BCUT2D eigenvalue weighted by Gasteiger charge is -2.51. The molecule has 1 fully saturated rings. The Hall–Kier alpha value is -1.33. The highest BCUT2D eigenvalue weighted by atomic mass is 35.5. The molecule has 1 aliphatic carbocycles. The van der Waals surface area contributed by atoms with Crippen molar-refractivity contribution >= 4 is 23.3 Å². The molecule has 0 spiro atoms. The van der Waals surface area contributed by atoms with Crippen LogP contribution in [0.15, 0.2) is 12.3 Å². The maximum Gasteiger partial charge on any atom is 0.253 e. The van der Waals surface area contributed by atoms with Crippen LogP contribution in [0, 0.1) is 5.41 Å². The Balaban J connectivity index is 2.04. The zero-order valence-electron chi connectivity index (χ0n) is 11.2. The highest BCUT2D eigenvalue weighted by Crippen LogP contribution is 2.42. The molecule has 0 aliphatic heterocycles. The predicted octanol–water partition coefficient (Wildman–Crippen LogP) is 1.86. The van der Waals surface area contributed by atoms with Crippen molar-refractivity contribution in [2.45, 2.75) is 32.4 Å². The van der Waals surface area contributed by atoms with Crippen LogP contribution in [0.5, 0.6) is 0 Å². The van der Waals surface area contributed by atoms with Crippen LogP contribution < -0.4 is 11.1 Å². The number of ether oxygens (including phenoxy) is 1. The maximum absolute atomic E-state index is 12.1. The molecule has 1 aliphatic rings. The molecule has 6 heteroatoms. The van der Waals surface area contributed by atoms with Crippen molar-refractivity contribution in [3.63, 3.8) is 0 Å². The average molecular weight is 284 g/mol. The standard InChI is InChI=1S/C13H18ClN3O2/c1-13(2)9(5-10(13)19-3)17-12(18)7-4-8(14)11(15)16-6-7/h4,6,9-10H,5H2,1-3H3,(H2,15,16)(H,17,18). The molecule has 104 valence electrons. The first-order valence-corrected chi connectivity index (χ1v) is 6.48. The van der Waals surface area contributed by atoms with E-state index in [-0.39, 0.29) is 34.3 Å². The van der Waals surface area contributed by atoms with Crippen LogP contribution >= 0.6 is 11.6 Å². The first kappa shape index (κ1) is 14.1. The molecule has 2 unspecified atom stereocenters. The molecule has 1 amide bonds. The first-order valence-electron chi connectivity index (χ1n) is 6.11. The molecule has 1 saturated carbocycles. The fourth-order valence-corrected chi connectivity index (χ4v) is 2.51. The summed E-state index contributed by atoms with van der Waals surface area (Å²) in [5.74, 6) is 0.0312. The molecule has 5 nitrogen and oxygen atoms in total. The summed E-state index contributed by atoms with van der Waals surface area (Å²) in [6.45, 7) is 4.15. The molecule has 1 heterocycles. The number of nitrogen functional groups attached to an aromatic ring is 1. The number of amides is 1. The molecular formula is C13H18ClN3O2. The van der Waals surface area contributed by atoms with E-state index in [2.05, 4.69) is 24.1 Å². The predicted molar refractivity (Wildman–Crippen MR) is 74.1 cm³/mol. The number of nitrogens with one attached hydrogen (secondary N) is 1. The second kappa shape index (κ2) is 4.98. The molecule has 3 N–H and O–H groups in total. The topological polar surface area (TPSA) is 77.2 Å². The summed E-state index contributed by atoms with van der Waals surface area (Å²) < 4.78 is 5.35. The van der Waals surface area contributed by atoms with Gasteiger partial charge in [0.1, 0.15) is 5.82 Å². The number of nitrogens with two attached hydrogens (primary N) is 1. The minimum absolute atomic E-state index is 0.0740. The summed E-state index contributed by atoms with van der Waals surface area (Å²) in [6, 6.07) is 1.61. The number of carbonyl (C=O) groups excluding carboxylic acids is 1. The van der Waals surface area contributed by atoms with Gasteiger partial charge in [-0.3, -0.25) is 4.79 Å². The molecule has 2 rings (SSSR count). The van der Waals surface area contributed by atoms with Crippen LogP contribution in [0.1, 0.15) is 30.6 Å². The molecule has 0 saturated heterocycles. The number of rotatable bonds is 3. The molecule has 2 atom stereocenters. The fraction of sp³-hybridized carbons (Fsp3) is 0.538. The summed E-state index contributed by atoms with van der Waals surface area (Å²) in [4.78, 5) is 16.0. The van der Waals surface area contributed by atoms with E-state index in [1.807, 2.05) is 0 Å². The largest absolute Gasteiger partial charge is 0.382 e. The van der Waals surface area contributed by atoms with Crippen molar-refractivity contribution in [2.24, 2.45) is 5.41 Å². The van der Waals surface area contributed by atoms with Gasteiger partial charge in [-0.05, 0) is 12.5 Å². The SMILES string of the molecule is COC1CC(NC(=O)c2cnc(N)c(Cl)c2)C1(C)C. The van der Waals surface area contributed by atoms with E-state index >= 15 is 0 Å². The number of methoxy groups -OCH3 is 1. The Bertz CT molecular complexity index is 505. The van der Waals surface area contributed by atoms with Crippen LogP contribution in [0.25, 0.3) is 0 Å². The lowest BCUT2D eigenvalue weighted by molar-refractivity contribution is -0.0942. The molecule has 0 radical (unpaired) electrons. The van der Waals surface area contributed by atoms with E-state index in [9.17, 15) is 4.79 Å². The van der Waals surface area contributed by atoms with Gasteiger partial charge in [-0.1, -0.05) is 25.4 Å². The summed E-state index contributed by atoms with van der Waals surface area (Å²) in [6.07, 6.45) is 2.41. The molecule has 0 aromatic carbocycles. The summed E-state index contributed by atoms with van der Waals surface area (Å²) in [7, 11) is 1.69. The van der Waals surface area contributed by atoms with Crippen LogP contribution in [-0.2, 0) is 4.74 Å². The fourth-order valence-electron chi connectivity index (χ4n) is 2.34. The third-order valence-electron chi connectivity index (χ3n) is 3.90. The van der Waals surface area contributed by atoms with Gasteiger partial charge in [0.05, 0.1) is 16.7 Å². The van der Waals surface area contributed by atoms with E-state index in [1.165, 1.54) is 12.3 Å². The van der Waals surface area contributed by atoms with Crippen molar-refractivity contribution in [2.75, 3.05) is 12.8 Å². The molecular weight excluding hydrogens is 266 g/mol. The third kappa shape index (κ3) is 2.53. The second-order valence-electron chi connectivity index (χ2n) is 5.40. The number of nitrogens with zero attached hydrogens (tertiary/aromatic N) is 1. The minimum atomic E-state index is -0.193. The lowest BCUT2D eigenvalue weighted by Crippen LogP contribution is -2.61. The molecule has 1 aromatic heterocycles. The van der Waals surface area contributed by atoms with Gasteiger partial charge in [-0.25, -0.2) is 4.98 Å². The van der Waals surface area contributed by atoms with Crippen molar-refractivity contribution < 1.29 is 9.53 Å². The van der Waals surface area contributed by atoms with Gasteiger partial charge < -0.3 is 15.8 Å². The second-order valence-corrected chi connectivity index (χ2v) is 5.81. The van der Waals surface area contributed by atoms with Gasteiger partial charge in [0.25, 0.3) is 5.91 Å². The number of carbonyl (C=O) groups is 1. The van der Waals surface area contributed by atoms with Crippen LogP contribution in [0.4, 0.5) is 5.82 Å². The minimum Gasteiger partial charge on any atom is -0.382 e. The van der Waals surface area contributed by atoms with Gasteiger partial charge in [-0.2, -0.15) is 0 Å². The summed E-state index contributed by atoms with van der Waals surface area (Å²) in [5, 5.41) is 3.26. The number of halogens is 1. The van der Waals surface area contributed by atoms with E-state index in [1.54, 1.807) is 7.11 Å². The zero-order chi connectivity index (χ0) is 14.2. The van der Waals surface area contributed by atoms with Gasteiger partial charge in [-0.15, -0.1) is 0 Å².